The summed E-state index contributed by atoms with van der Waals surface area (Å²) in [4.78, 5) is 14.5. The maximum Gasteiger partial charge on any atom is 0.309 e. The van der Waals surface area contributed by atoms with Gasteiger partial charge < -0.3 is 0 Å². The molecular weight excluding hydrogens is 240 g/mol. The second-order valence-electron chi connectivity index (χ2n) is 4.15. The smallest absolute Gasteiger partial charge is 0.258 e. The molecule has 0 saturated carbocycles. The van der Waals surface area contributed by atoms with Crippen molar-refractivity contribution in [2.45, 2.75) is 46.5 Å². The number of hydrogen-bond donors (Lipinski definition) is 0. The molecule has 0 bridgehead atoms. The van der Waals surface area contributed by atoms with Crippen LogP contribution in [0.4, 0.5) is 5.69 Å². The molecule has 0 N–H and O–H groups in total. The molecule has 0 unspecified atom stereocenters. The molecule has 4 nitrogen and oxygen atoms in total. The van der Waals surface area contributed by atoms with Gasteiger partial charge in [-0.15, -0.1) is 0 Å². The number of aryl methyl sites for hydroxylation is 1. The number of hydrogen-bond acceptors (Lipinski definition) is 3. The van der Waals surface area contributed by atoms with E-state index in [2.05, 4.69) is 11.9 Å². The zero-order valence-electron chi connectivity index (χ0n) is 10.4. The van der Waals surface area contributed by atoms with E-state index in [4.69, 9.17) is 11.6 Å². The third kappa shape index (κ3) is 3.16. The summed E-state index contributed by atoms with van der Waals surface area (Å²) in [5.74, 6) is 0. The Morgan fingerprint density at radius 3 is 2.53 bits per heavy atom. The van der Waals surface area contributed by atoms with E-state index >= 15 is 0 Å². The van der Waals surface area contributed by atoms with E-state index in [-0.39, 0.29) is 10.8 Å². The standard InChI is InChI=1S/C12H17ClN2O2/c1-4-5-6-7-10-8(2)11(15(16)17)12(13)14-9(10)3/h4-7H2,1-3H3. The van der Waals surface area contributed by atoms with Crippen molar-refractivity contribution >= 4 is 17.3 Å². The highest BCUT2D eigenvalue weighted by Gasteiger charge is 2.22. The van der Waals surface area contributed by atoms with Crippen LogP contribution in [0.1, 0.15) is 43.0 Å². The van der Waals surface area contributed by atoms with Crippen LogP contribution in [0.2, 0.25) is 5.15 Å². The first-order chi connectivity index (χ1) is 7.99. The largest absolute Gasteiger partial charge is 0.309 e. The number of nitrogens with zero attached hydrogens (tertiary/aromatic N) is 2. The minimum Gasteiger partial charge on any atom is -0.258 e. The van der Waals surface area contributed by atoms with Gasteiger partial charge in [0.1, 0.15) is 0 Å². The first kappa shape index (κ1) is 13.9. The first-order valence-corrected chi connectivity index (χ1v) is 6.16. The molecule has 94 valence electrons. The molecule has 0 saturated heterocycles. The van der Waals surface area contributed by atoms with Gasteiger partial charge >= 0.3 is 5.69 Å². The Morgan fingerprint density at radius 1 is 1.35 bits per heavy atom. The van der Waals surface area contributed by atoms with Crippen molar-refractivity contribution in [2.75, 3.05) is 0 Å². The molecule has 0 aliphatic heterocycles. The Bertz CT molecular complexity index is 433. The van der Waals surface area contributed by atoms with Crippen molar-refractivity contribution in [3.63, 3.8) is 0 Å². The van der Waals surface area contributed by atoms with Gasteiger partial charge in [-0.3, -0.25) is 10.1 Å². The molecule has 1 aromatic heterocycles. The third-order valence-electron chi connectivity index (χ3n) is 2.92. The second-order valence-corrected chi connectivity index (χ2v) is 4.51. The minimum absolute atomic E-state index is 0.00996. The van der Waals surface area contributed by atoms with Gasteiger partial charge in [0.25, 0.3) is 0 Å². The molecule has 17 heavy (non-hydrogen) atoms. The molecule has 1 heterocycles. The lowest BCUT2D eigenvalue weighted by Crippen LogP contribution is -2.03. The third-order valence-corrected chi connectivity index (χ3v) is 3.18. The normalized spacial score (nSPS) is 10.6. The summed E-state index contributed by atoms with van der Waals surface area (Å²) in [7, 11) is 0. The molecule has 0 aromatic carbocycles. The van der Waals surface area contributed by atoms with E-state index < -0.39 is 4.92 Å². The topological polar surface area (TPSA) is 56.0 Å². The first-order valence-electron chi connectivity index (χ1n) is 5.79. The van der Waals surface area contributed by atoms with E-state index in [0.717, 1.165) is 36.9 Å². The lowest BCUT2D eigenvalue weighted by atomic mass is 10.0. The lowest BCUT2D eigenvalue weighted by Gasteiger charge is -2.10. The summed E-state index contributed by atoms with van der Waals surface area (Å²) in [5.41, 5.74) is 2.37. The van der Waals surface area contributed by atoms with Crippen molar-refractivity contribution in [1.82, 2.24) is 4.98 Å². The predicted molar refractivity (Wildman–Crippen MR) is 68.6 cm³/mol. The molecular formula is C12H17ClN2O2. The van der Waals surface area contributed by atoms with Crippen molar-refractivity contribution < 1.29 is 4.92 Å². The highest BCUT2D eigenvalue weighted by Crippen LogP contribution is 2.31. The number of nitro groups is 1. The summed E-state index contributed by atoms with van der Waals surface area (Å²) in [5, 5.41) is 10.9. The Hall–Kier alpha value is -1.16. The average Bonchev–Trinajstić information content (AvgIpc) is 2.21. The van der Waals surface area contributed by atoms with Gasteiger partial charge in [0, 0.05) is 11.3 Å². The molecule has 0 amide bonds. The average molecular weight is 257 g/mol. The Morgan fingerprint density at radius 2 is 2.00 bits per heavy atom. The summed E-state index contributed by atoms with van der Waals surface area (Å²) in [6, 6.07) is 0. The molecule has 0 radical (unpaired) electrons. The lowest BCUT2D eigenvalue weighted by molar-refractivity contribution is -0.385. The maximum absolute atomic E-state index is 10.9. The van der Waals surface area contributed by atoms with Gasteiger partial charge in [0.2, 0.25) is 5.15 Å². The fraction of sp³-hybridized carbons (Fsp3) is 0.583. The molecule has 5 heteroatoms. The summed E-state index contributed by atoms with van der Waals surface area (Å²) in [6.07, 6.45) is 4.10. The highest BCUT2D eigenvalue weighted by atomic mass is 35.5. The van der Waals surface area contributed by atoms with Crippen LogP contribution in [-0.4, -0.2) is 9.91 Å². The molecule has 1 rings (SSSR count). The van der Waals surface area contributed by atoms with Gasteiger partial charge in [0.15, 0.2) is 0 Å². The SMILES string of the molecule is CCCCCc1c(C)nc(Cl)c([N+](=O)[O-])c1C. The van der Waals surface area contributed by atoms with Crippen molar-refractivity contribution in [3.8, 4) is 0 Å². The molecule has 1 aromatic rings. The van der Waals surface area contributed by atoms with E-state index in [1.165, 1.54) is 0 Å². The molecule has 0 aliphatic rings. The second kappa shape index (κ2) is 5.96. The Balaban J connectivity index is 3.12. The van der Waals surface area contributed by atoms with Crippen LogP contribution >= 0.6 is 11.6 Å². The molecule has 0 atom stereocenters. The van der Waals surface area contributed by atoms with Gasteiger partial charge in [0.05, 0.1) is 4.92 Å². The van der Waals surface area contributed by atoms with E-state index in [0.29, 0.717) is 5.56 Å². The summed E-state index contributed by atoms with van der Waals surface area (Å²) < 4.78 is 0. The Kier molecular flexibility index (Phi) is 4.87. The predicted octanol–water partition coefficient (Wildman–Crippen LogP) is 3.99. The van der Waals surface area contributed by atoms with Gasteiger partial charge in [-0.2, -0.15) is 0 Å². The van der Waals surface area contributed by atoms with E-state index in [1.54, 1.807) is 6.92 Å². The summed E-state index contributed by atoms with van der Waals surface area (Å²) in [6.45, 7) is 5.73. The fourth-order valence-electron chi connectivity index (χ4n) is 1.97. The summed E-state index contributed by atoms with van der Waals surface area (Å²) >= 11 is 5.81. The van der Waals surface area contributed by atoms with Crippen molar-refractivity contribution in [2.24, 2.45) is 0 Å². The van der Waals surface area contributed by atoms with Crippen LogP contribution in [0.3, 0.4) is 0 Å². The monoisotopic (exact) mass is 256 g/mol. The van der Waals surface area contributed by atoms with Crippen LogP contribution in [0.15, 0.2) is 0 Å². The van der Waals surface area contributed by atoms with E-state index in [9.17, 15) is 10.1 Å². The Labute approximate surface area is 106 Å². The molecule has 0 fully saturated rings. The number of unbranched alkanes of at least 4 members (excludes halogenated alkanes) is 2. The van der Waals surface area contributed by atoms with Gasteiger partial charge in [-0.05, 0) is 32.3 Å². The van der Waals surface area contributed by atoms with Crippen LogP contribution in [0.25, 0.3) is 0 Å². The van der Waals surface area contributed by atoms with Gasteiger partial charge in [-0.1, -0.05) is 31.4 Å². The quantitative estimate of drug-likeness (QED) is 0.346. The zero-order valence-corrected chi connectivity index (χ0v) is 11.2. The number of pyridine rings is 1. The number of aromatic nitrogens is 1. The van der Waals surface area contributed by atoms with Crippen LogP contribution in [0.5, 0.6) is 0 Å². The van der Waals surface area contributed by atoms with Crippen molar-refractivity contribution in [3.05, 3.63) is 32.1 Å². The molecule has 0 spiro atoms. The number of rotatable bonds is 5. The zero-order chi connectivity index (χ0) is 13.0. The minimum atomic E-state index is -0.451. The number of halogens is 1. The fourth-order valence-corrected chi connectivity index (χ4v) is 2.31. The van der Waals surface area contributed by atoms with Crippen molar-refractivity contribution in [1.29, 1.82) is 0 Å². The maximum atomic E-state index is 10.9. The highest BCUT2D eigenvalue weighted by molar-refractivity contribution is 6.31. The van der Waals surface area contributed by atoms with Gasteiger partial charge in [-0.25, -0.2) is 4.98 Å². The van der Waals surface area contributed by atoms with E-state index in [1.807, 2.05) is 6.92 Å². The van der Waals surface area contributed by atoms with Crippen LogP contribution in [0, 0.1) is 24.0 Å². The van der Waals surface area contributed by atoms with Crippen LogP contribution in [-0.2, 0) is 6.42 Å². The van der Waals surface area contributed by atoms with Crippen LogP contribution < -0.4 is 0 Å². The molecule has 0 aliphatic carbocycles.